The molecule has 1 aromatic heterocycles. The number of primary amides is 1. The number of rotatable bonds is 16. The number of aliphatic carboxylic acids is 1. The maximum Gasteiger partial charge on any atom is 0.305 e. The lowest BCUT2D eigenvalue weighted by molar-refractivity contribution is -0.144. The van der Waals surface area contributed by atoms with Gasteiger partial charge in [-0.3, -0.25) is 38.4 Å². The zero-order valence-corrected chi connectivity index (χ0v) is 36.9. The van der Waals surface area contributed by atoms with Crippen molar-refractivity contribution >= 4 is 79.8 Å². The first-order chi connectivity index (χ1) is 29.1. The van der Waals surface area contributed by atoms with Gasteiger partial charge in [-0.1, -0.05) is 46.7 Å². The highest BCUT2D eigenvalue weighted by Crippen LogP contribution is 2.23. The van der Waals surface area contributed by atoms with Gasteiger partial charge in [0.05, 0.1) is 19.6 Å². The minimum Gasteiger partial charge on any atom is -0.481 e. The van der Waals surface area contributed by atoms with Crippen LogP contribution >= 0.6 is 21.6 Å². The SMILES string of the molecule is CCCOCCN(C)CCCCC1NC(=O)CCSSCC(C(N)=O)NC(=O)C(C)N(CCc2c[nH]c3ccccc23)C(=O)C(C)NC(=O)C(CC(=O)O)NC(=O)CNC1=O. The van der Waals surface area contributed by atoms with Gasteiger partial charge in [0.1, 0.15) is 30.2 Å². The molecule has 0 aliphatic carbocycles. The van der Waals surface area contributed by atoms with Crippen molar-refractivity contribution in [2.24, 2.45) is 5.73 Å². The Balaban J connectivity index is 1.81. The Bertz CT molecular complexity index is 1810. The van der Waals surface area contributed by atoms with Gasteiger partial charge in [0.15, 0.2) is 0 Å². The van der Waals surface area contributed by atoms with Crippen LogP contribution < -0.4 is 32.3 Å². The Hall–Kier alpha value is -4.86. The van der Waals surface area contributed by atoms with Crippen LogP contribution in [0, 0.1) is 0 Å². The fourth-order valence-electron chi connectivity index (χ4n) is 6.40. The zero-order chi connectivity index (χ0) is 44.9. The molecule has 1 saturated heterocycles. The Morgan fingerprint density at radius 2 is 1.66 bits per heavy atom. The molecule has 2 heterocycles. The number of nitrogens with zero attached hydrogens (tertiary/aromatic N) is 2. The number of carboxylic acid groups (broad SMARTS) is 1. The lowest BCUT2D eigenvalue weighted by Gasteiger charge is -2.32. The van der Waals surface area contributed by atoms with Crippen LogP contribution in [0.5, 0.6) is 0 Å². The predicted octanol–water partition coefficient (Wildman–Crippen LogP) is 0.277. The summed E-state index contributed by atoms with van der Waals surface area (Å²) in [5, 5.41) is 23.1. The number of likely N-dealkylation sites (N-methyl/N-ethyl adjacent to an activating group) is 1. The number of hydrogen-bond acceptors (Lipinski definition) is 12. The summed E-state index contributed by atoms with van der Waals surface area (Å²) in [5.74, 6) is -6.25. The van der Waals surface area contributed by atoms with Crippen molar-refractivity contribution in [2.75, 3.05) is 57.9 Å². The van der Waals surface area contributed by atoms with E-state index in [1.54, 1.807) is 6.20 Å². The lowest BCUT2D eigenvalue weighted by Crippen LogP contribution is -2.59. The van der Waals surface area contributed by atoms with Crippen molar-refractivity contribution in [1.29, 1.82) is 0 Å². The van der Waals surface area contributed by atoms with Gasteiger partial charge in [0, 0.05) is 54.7 Å². The van der Waals surface area contributed by atoms with Crippen LogP contribution in [0.2, 0.25) is 0 Å². The molecular weight excluding hydrogens is 831 g/mol. The first-order valence-corrected chi connectivity index (χ1v) is 22.9. The van der Waals surface area contributed by atoms with Crippen LogP contribution in [-0.4, -0.2) is 155 Å². The van der Waals surface area contributed by atoms with Gasteiger partial charge in [-0.05, 0) is 71.2 Å². The second-order valence-corrected chi connectivity index (χ2v) is 17.5. The summed E-state index contributed by atoms with van der Waals surface area (Å²) < 4.78 is 5.54. The largest absolute Gasteiger partial charge is 0.481 e. The van der Waals surface area contributed by atoms with Gasteiger partial charge >= 0.3 is 5.97 Å². The fourth-order valence-corrected chi connectivity index (χ4v) is 8.57. The second kappa shape index (κ2) is 26.5. The molecule has 1 fully saturated rings. The number of benzene rings is 1. The van der Waals surface area contributed by atoms with Crippen LogP contribution in [-0.2, 0) is 49.5 Å². The molecule has 19 nitrogen and oxygen atoms in total. The number of aromatic nitrogens is 1. The van der Waals surface area contributed by atoms with E-state index in [2.05, 4.69) is 36.5 Å². The number of fused-ring (bicyclic) bond motifs is 1. The van der Waals surface area contributed by atoms with Crippen molar-refractivity contribution in [3.63, 3.8) is 0 Å². The number of hydrogen-bond donors (Lipinski definition) is 8. The van der Waals surface area contributed by atoms with Gasteiger partial charge in [-0.25, -0.2) is 0 Å². The Morgan fingerprint density at radius 3 is 2.38 bits per heavy atom. The molecule has 0 saturated carbocycles. The number of para-hydroxylation sites is 1. The number of aromatic amines is 1. The highest BCUT2D eigenvalue weighted by Gasteiger charge is 2.34. The third-order valence-electron chi connectivity index (χ3n) is 9.90. The monoisotopic (exact) mass is 891 g/mol. The molecule has 338 valence electrons. The van der Waals surface area contributed by atoms with Crippen molar-refractivity contribution in [1.82, 2.24) is 41.4 Å². The number of nitrogens with one attached hydrogen (secondary N) is 6. The normalized spacial score (nSPS) is 22.2. The van der Waals surface area contributed by atoms with Crippen LogP contribution in [0.3, 0.4) is 0 Å². The molecule has 9 N–H and O–H groups in total. The maximum absolute atomic E-state index is 14.1. The van der Waals surface area contributed by atoms with E-state index in [0.29, 0.717) is 32.5 Å². The van der Waals surface area contributed by atoms with E-state index in [1.807, 2.05) is 38.2 Å². The molecule has 2 aromatic rings. The van der Waals surface area contributed by atoms with Gasteiger partial charge in [-0.15, -0.1) is 0 Å². The number of unbranched alkanes of at least 4 members (excludes halogenated alkanes) is 1. The molecule has 7 amide bonds. The van der Waals surface area contributed by atoms with Gasteiger partial charge in [0.25, 0.3) is 0 Å². The molecule has 1 aliphatic rings. The van der Waals surface area contributed by atoms with Gasteiger partial charge < -0.3 is 56.9 Å². The van der Waals surface area contributed by atoms with E-state index < -0.39 is 90.5 Å². The molecule has 1 aromatic carbocycles. The highest BCUT2D eigenvalue weighted by molar-refractivity contribution is 8.76. The maximum atomic E-state index is 14.1. The predicted molar refractivity (Wildman–Crippen MR) is 233 cm³/mol. The highest BCUT2D eigenvalue weighted by atomic mass is 33.1. The molecule has 0 bridgehead atoms. The summed E-state index contributed by atoms with van der Waals surface area (Å²) in [6.45, 7) is 6.97. The minimum absolute atomic E-state index is 0.00469. The fraction of sp³-hybridized carbons (Fsp3) is 0.600. The summed E-state index contributed by atoms with van der Waals surface area (Å²) in [6.07, 6.45) is 3.70. The zero-order valence-electron chi connectivity index (χ0n) is 35.3. The number of carbonyl (C=O) groups excluding carboxylic acids is 7. The summed E-state index contributed by atoms with van der Waals surface area (Å²) >= 11 is 0. The smallest absolute Gasteiger partial charge is 0.305 e. The standard InChI is InChI=1S/C40H61N9O10S2/c1-5-18-59-19-17-48(4)15-9-8-12-30-38(56)43-23-34(51)46-31(21-35(52)53)39(57)44-25(2)40(58)49(16-13-27-22-42-29-11-7-6-10-28(27)29)26(3)37(55)47-32(36(41)54)24-61-60-20-14-33(50)45-30/h6-7,10-11,22,25-26,30-32,42H,5,8-9,12-21,23-24H2,1-4H3,(H2,41,54)(H,43,56)(H,44,57)(H,45,50)(H,46,51)(H,47,55)(H,52,53). The molecule has 5 unspecified atom stereocenters. The second-order valence-electron chi connectivity index (χ2n) is 14.8. The first kappa shape index (κ1) is 50.5. The molecule has 3 rings (SSSR count). The van der Waals surface area contributed by atoms with Gasteiger partial charge in [-0.2, -0.15) is 0 Å². The van der Waals surface area contributed by atoms with Crippen LogP contribution in [0.15, 0.2) is 30.5 Å². The topological polar surface area (TPSA) is 274 Å². The molecule has 0 radical (unpaired) electrons. The summed E-state index contributed by atoms with van der Waals surface area (Å²) in [4.78, 5) is 111. The van der Waals surface area contributed by atoms with E-state index in [1.165, 1.54) is 40.3 Å². The van der Waals surface area contributed by atoms with E-state index in [4.69, 9.17) is 10.5 Å². The third kappa shape index (κ3) is 17.6. The molecule has 1 aliphatic heterocycles. The summed E-state index contributed by atoms with van der Waals surface area (Å²) in [7, 11) is 4.43. The molecule has 21 heteroatoms. The number of nitrogens with two attached hydrogens (primary N) is 1. The minimum atomic E-state index is -1.65. The van der Waals surface area contributed by atoms with Gasteiger partial charge in [0.2, 0.25) is 41.4 Å². The van der Waals surface area contributed by atoms with E-state index in [9.17, 15) is 43.5 Å². The molecule has 5 atom stereocenters. The number of ether oxygens (including phenoxy) is 1. The van der Waals surface area contributed by atoms with Crippen molar-refractivity contribution in [3.8, 4) is 0 Å². The van der Waals surface area contributed by atoms with E-state index in [-0.39, 0.29) is 30.9 Å². The molecule has 61 heavy (non-hydrogen) atoms. The molecular formula is C40H61N9O10S2. The number of amides is 7. The summed E-state index contributed by atoms with van der Waals surface area (Å²) in [6, 6.07) is 1.28. The lowest BCUT2D eigenvalue weighted by atomic mass is 10.1. The first-order valence-electron chi connectivity index (χ1n) is 20.5. The van der Waals surface area contributed by atoms with Crippen molar-refractivity contribution < 1.29 is 48.2 Å². The summed E-state index contributed by atoms with van der Waals surface area (Å²) in [5.41, 5.74) is 7.38. The van der Waals surface area contributed by atoms with Crippen molar-refractivity contribution in [3.05, 3.63) is 36.0 Å². The van der Waals surface area contributed by atoms with Crippen LogP contribution in [0.4, 0.5) is 0 Å². The number of carboxylic acids is 1. The van der Waals surface area contributed by atoms with E-state index >= 15 is 0 Å². The number of carbonyl (C=O) groups is 8. The van der Waals surface area contributed by atoms with Crippen LogP contribution in [0.25, 0.3) is 10.9 Å². The Kier molecular flexibility index (Phi) is 21.9. The average Bonchev–Trinajstić information content (AvgIpc) is 3.63. The van der Waals surface area contributed by atoms with Crippen molar-refractivity contribution in [2.45, 2.75) is 95.9 Å². The Morgan fingerprint density at radius 1 is 0.918 bits per heavy atom. The quantitative estimate of drug-likeness (QED) is 0.0832. The Labute approximate surface area is 363 Å². The van der Waals surface area contributed by atoms with E-state index in [0.717, 1.165) is 36.0 Å². The molecule has 0 spiro atoms. The third-order valence-corrected chi connectivity index (χ3v) is 12.3. The van der Waals surface area contributed by atoms with Crippen LogP contribution in [0.1, 0.15) is 64.9 Å². The number of H-pyrrole nitrogens is 1. The average molecular weight is 892 g/mol.